The highest BCUT2D eigenvalue weighted by molar-refractivity contribution is 5.56. The van der Waals surface area contributed by atoms with Crippen LogP contribution in [0.3, 0.4) is 0 Å². The normalized spacial score (nSPS) is 18.6. The van der Waals surface area contributed by atoms with Crippen LogP contribution >= 0.6 is 0 Å². The summed E-state index contributed by atoms with van der Waals surface area (Å²) >= 11 is 0. The van der Waals surface area contributed by atoms with Gasteiger partial charge in [-0.05, 0) is 50.9 Å². The van der Waals surface area contributed by atoms with Crippen molar-refractivity contribution in [1.29, 1.82) is 0 Å². The maximum Gasteiger partial charge on any atom is 0.0961 e. The third kappa shape index (κ3) is 4.70. The molecular formula is C20H32N4O. The molecule has 0 fully saturated rings. The van der Waals surface area contributed by atoms with Gasteiger partial charge in [-0.25, -0.2) is 0 Å². The van der Waals surface area contributed by atoms with Crippen LogP contribution < -0.4 is 21.7 Å². The van der Waals surface area contributed by atoms with E-state index in [-0.39, 0.29) is 12.2 Å². The molecule has 2 rings (SSSR count). The minimum atomic E-state index is -0.489. The lowest BCUT2D eigenvalue weighted by molar-refractivity contribution is 0.183. The molecule has 0 bridgehead atoms. The van der Waals surface area contributed by atoms with Crippen molar-refractivity contribution in [2.45, 2.75) is 37.5 Å². The van der Waals surface area contributed by atoms with Gasteiger partial charge in [-0.3, -0.25) is 10.6 Å². The van der Waals surface area contributed by atoms with Gasteiger partial charge in [0.1, 0.15) is 0 Å². The first-order valence-corrected chi connectivity index (χ1v) is 9.03. The average Bonchev–Trinajstić information content (AvgIpc) is 2.66. The lowest BCUT2D eigenvalue weighted by atomic mass is 9.84. The minimum absolute atomic E-state index is 0.208. The molecule has 138 valence electrons. The Morgan fingerprint density at radius 3 is 2.64 bits per heavy atom. The molecule has 0 radical (unpaired) electrons. The number of nitrogens with two attached hydrogens (primary N) is 1. The molecule has 1 aliphatic carbocycles. The van der Waals surface area contributed by atoms with Gasteiger partial charge in [-0.1, -0.05) is 36.4 Å². The quantitative estimate of drug-likeness (QED) is 0.460. The Hall–Kier alpha value is -1.66. The lowest BCUT2D eigenvalue weighted by Crippen LogP contribution is -2.57. The summed E-state index contributed by atoms with van der Waals surface area (Å²) in [6, 6.07) is 8.24. The van der Waals surface area contributed by atoms with Crippen LogP contribution in [0.1, 0.15) is 30.4 Å². The van der Waals surface area contributed by atoms with Gasteiger partial charge in [0.2, 0.25) is 0 Å². The van der Waals surface area contributed by atoms with Gasteiger partial charge in [0.15, 0.2) is 0 Å². The van der Waals surface area contributed by atoms with E-state index >= 15 is 0 Å². The molecule has 1 aliphatic rings. The Morgan fingerprint density at radius 1 is 1.24 bits per heavy atom. The Kier molecular flexibility index (Phi) is 7.20. The summed E-state index contributed by atoms with van der Waals surface area (Å²) in [5, 5.41) is 20.0. The summed E-state index contributed by atoms with van der Waals surface area (Å²) in [6.45, 7) is 0.283. The number of nitrogens with one attached hydrogen (secondary N) is 3. The number of allylic oxidation sites excluding steroid dienone is 1. The number of hydrogen-bond donors (Lipinski definition) is 5. The predicted molar refractivity (Wildman–Crippen MR) is 105 cm³/mol. The van der Waals surface area contributed by atoms with E-state index in [9.17, 15) is 5.11 Å². The van der Waals surface area contributed by atoms with Gasteiger partial charge < -0.3 is 16.2 Å². The second-order valence-corrected chi connectivity index (χ2v) is 6.57. The van der Waals surface area contributed by atoms with Gasteiger partial charge in [-0.15, -0.1) is 0 Å². The van der Waals surface area contributed by atoms with Crippen molar-refractivity contribution in [1.82, 2.24) is 16.0 Å². The number of hydrogen-bond acceptors (Lipinski definition) is 5. The number of likely N-dealkylation sites (N-methyl/N-ethyl adjacent to an activating group) is 2. The Morgan fingerprint density at radius 2 is 2.00 bits per heavy atom. The molecule has 1 aromatic carbocycles. The van der Waals surface area contributed by atoms with E-state index in [0.717, 1.165) is 30.4 Å². The highest BCUT2D eigenvalue weighted by Gasteiger charge is 2.34. The van der Waals surface area contributed by atoms with Crippen molar-refractivity contribution < 1.29 is 5.11 Å². The number of benzene rings is 1. The van der Waals surface area contributed by atoms with Crippen molar-refractivity contribution in [3.05, 3.63) is 52.7 Å². The summed E-state index contributed by atoms with van der Waals surface area (Å²) in [7, 11) is 5.98. The van der Waals surface area contributed by atoms with Crippen molar-refractivity contribution in [2.75, 3.05) is 27.7 Å². The summed E-state index contributed by atoms with van der Waals surface area (Å²) in [6.07, 6.45) is 7.67. The van der Waals surface area contributed by atoms with Crippen LogP contribution in [0.2, 0.25) is 0 Å². The SMILES string of the molecule is CNC1=C(/C=C/c2cccc(CC(O)CN)c2)C(NC)(NC)CCC1. The van der Waals surface area contributed by atoms with Crippen LogP contribution in [0.4, 0.5) is 0 Å². The van der Waals surface area contributed by atoms with E-state index in [4.69, 9.17) is 5.73 Å². The van der Waals surface area contributed by atoms with Crippen LogP contribution in [0.25, 0.3) is 6.08 Å². The van der Waals surface area contributed by atoms with Crippen LogP contribution in [0.15, 0.2) is 41.6 Å². The second kappa shape index (κ2) is 9.15. The fraction of sp³-hybridized carbons (Fsp3) is 0.500. The Bertz CT molecular complexity index is 620. The molecule has 5 nitrogen and oxygen atoms in total. The molecule has 0 saturated carbocycles. The molecule has 0 amide bonds. The zero-order valence-corrected chi connectivity index (χ0v) is 15.6. The van der Waals surface area contributed by atoms with Crippen molar-refractivity contribution in [3.63, 3.8) is 0 Å². The first-order chi connectivity index (χ1) is 12.1. The van der Waals surface area contributed by atoms with Crippen LogP contribution in [-0.4, -0.2) is 44.6 Å². The summed E-state index contributed by atoms with van der Waals surface area (Å²) in [5.41, 5.74) is 10.0. The first kappa shape index (κ1) is 19.7. The monoisotopic (exact) mass is 344 g/mol. The molecule has 0 spiro atoms. The fourth-order valence-electron chi connectivity index (χ4n) is 3.56. The zero-order chi connectivity index (χ0) is 18.3. The van der Waals surface area contributed by atoms with E-state index < -0.39 is 6.10 Å². The Balaban J connectivity index is 2.29. The molecule has 6 N–H and O–H groups in total. The molecular weight excluding hydrogens is 312 g/mol. The molecule has 1 atom stereocenters. The summed E-state index contributed by atoms with van der Waals surface area (Å²) < 4.78 is 0. The van der Waals surface area contributed by atoms with E-state index in [1.54, 1.807) is 0 Å². The van der Waals surface area contributed by atoms with Gasteiger partial charge in [-0.2, -0.15) is 0 Å². The third-order valence-electron chi connectivity index (χ3n) is 5.06. The smallest absolute Gasteiger partial charge is 0.0961 e. The molecule has 1 unspecified atom stereocenters. The largest absolute Gasteiger partial charge is 0.391 e. The van der Waals surface area contributed by atoms with Gasteiger partial charge in [0.05, 0.1) is 11.8 Å². The number of aliphatic hydroxyl groups excluding tert-OH is 1. The van der Waals surface area contributed by atoms with Crippen molar-refractivity contribution in [3.8, 4) is 0 Å². The van der Waals surface area contributed by atoms with E-state index in [1.165, 1.54) is 11.3 Å². The maximum absolute atomic E-state index is 9.76. The van der Waals surface area contributed by atoms with Crippen LogP contribution in [0, 0.1) is 0 Å². The molecule has 0 saturated heterocycles. The van der Waals surface area contributed by atoms with E-state index in [2.05, 4.69) is 40.2 Å². The molecule has 0 aromatic heterocycles. The van der Waals surface area contributed by atoms with Gasteiger partial charge in [0.25, 0.3) is 0 Å². The number of aliphatic hydroxyl groups is 1. The standard InChI is InChI=1S/C20H32N4O/c1-22-19-8-5-11-20(23-2,24-3)18(19)10-9-15-6-4-7-16(12-15)13-17(25)14-21/h4,6-7,9-10,12,17,22-25H,5,8,11,13-14,21H2,1-3H3/b10-9+. The lowest BCUT2D eigenvalue weighted by Gasteiger charge is -2.39. The molecule has 1 aromatic rings. The summed E-state index contributed by atoms with van der Waals surface area (Å²) in [5.74, 6) is 0. The molecule has 25 heavy (non-hydrogen) atoms. The minimum Gasteiger partial charge on any atom is -0.391 e. The first-order valence-electron chi connectivity index (χ1n) is 9.03. The second-order valence-electron chi connectivity index (χ2n) is 6.57. The van der Waals surface area contributed by atoms with Gasteiger partial charge >= 0.3 is 0 Å². The van der Waals surface area contributed by atoms with Crippen LogP contribution in [-0.2, 0) is 6.42 Å². The van der Waals surface area contributed by atoms with E-state index in [0.29, 0.717) is 6.42 Å². The third-order valence-corrected chi connectivity index (χ3v) is 5.06. The highest BCUT2D eigenvalue weighted by Crippen LogP contribution is 2.31. The average molecular weight is 345 g/mol. The van der Waals surface area contributed by atoms with Gasteiger partial charge in [0, 0.05) is 24.9 Å². The van der Waals surface area contributed by atoms with Crippen molar-refractivity contribution >= 4 is 6.08 Å². The number of rotatable bonds is 8. The molecule has 0 aliphatic heterocycles. The molecule has 5 heteroatoms. The van der Waals surface area contributed by atoms with E-state index in [1.807, 2.05) is 33.3 Å². The Labute approximate surface area is 151 Å². The summed E-state index contributed by atoms with van der Waals surface area (Å²) in [4.78, 5) is 0. The van der Waals surface area contributed by atoms with Crippen LogP contribution in [0.5, 0.6) is 0 Å². The predicted octanol–water partition coefficient (Wildman–Crippen LogP) is 1.35. The maximum atomic E-state index is 9.76. The topological polar surface area (TPSA) is 82.3 Å². The highest BCUT2D eigenvalue weighted by atomic mass is 16.3. The fourth-order valence-corrected chi connectivity index (χ4v) is 3.56. The zero-order valence-electron chi connectivity index (χ0n) is 15.6. The van der Waals surface area contributed by atoms with Crippen molar-refractivity contribution in [2.24, 2.45) is 5.73 Å². The molecule has 0 heterocycles.